The predicted molar refractivity (Wildman–Crippen MR) is 94.8 cm³/mol. The zero-order chi connectivity index (χ0) is 20.5. The molecule has 2 fully saturated rings. The summed E-state index contributed by atoms with van der Waals surface area (Å²) in [4.78, 5) is 12.9. The summed E-state index contributed by atoms with van der Waals surface area (Å²) in [6, 6.07) is 0.414. The fraction of sp³-hybridized carbons (Fsp3) is 0.600. The second-order valence-electron chi connectivity index (χ2n) is 6.65. The van der Waals surface area contributed by atoms with Gasteiger partial charge in [-0.05, 0) is 18.9 Å². The number of hydrogen-bond acceptors (Lipinski definition) is 10. The van der Waals surface area contributed by atoms with Crippen LogP contribution in [0, 0.1) is 6.92 Å². The number of ether oxygens (including phenoxy) is 1. The number of aliphatic hydroxyl groups is 2. The number of nitrogens with zero attached hydrogens (tertiary/aromatic N) is 4. The number of aliphatic hydroxyl groups excluding tert-OH is 2. The van der Waals surface area contributed by atoms with E-state index in [2.05, 4.69) is 27.2 Å². The molecule has 1 aliphatic carbocycles. The van der Waals surface area contributed by atoms with Gasteiger partial charge in [0.05, 0.1) is 12.4 Å². The van der Waals surface area contributed by atoms with Crippen molar-refractivity contribution in [3.8, 4) is 0 Å². The first kappa shape index (κ1) is 24.4. The third-order valence-corrected chi connectivity index (χ3v) is 4.67. The predicted octanol–water partition coefficient (Wildman–Crippen LogP) is -3.36. The molecular formula is C15H21N5NaO7S-. The van der Waals surface area contributed by atoms with Crippen LogP contribution >= 0.6 is 0 Å². The summed E-state index contributed by atoms with van der Waals surface area (Å²) in [6.07, 6.45) is 4.19. The third-order valence-electron chi connectivity index (χ3n) is 4.67. The molecule has 12 nitrogen and oxygen atoms in total. The van der Waals surface area contributed by atoms with Gasteiger partial charge in [-0.2, -0.15) is 0 Å². The van der Waals surface area contributed by atoms with Crippen molar-refractivity contribution < 1.29 is 62.0 Å². The molecular weight excluding hydrogens is 417 g/mol. The summed E-state index contributed by atoms with van der Waals surface area (Å²) >= 11 is 0. The summed E-state index contributed by atoms with van der Waals surface area (Å²) in [5.74, 6) is 0.694. The minimum absolute atomic E-state index is 0. The van der Waals surface area contributed by atoms with Crippen LogP contribution < -0.4 is 34.9 Å². The molecule has 3 heterocycles. The monoisotopic (exact) mass is 438 g/mol. The maximum absolute atomic E-state index is 10.1. The molecule has 4 N–H and O–H groups in total. The zero-order valence-electron chi connectivity index (χ0n) is 15.7. The van der Waals surface area contributed by atoms with Gasteiger partial charge in [-0.15, -0.1) is 0 Å². The van der Waals surface area contributed by atoms with Gasteiger partial charge in [0.25, 0.3) is 0 Å². The van der Waals surface area contributed by atoms with Gasteiger partial charge in [0.2, 0.25) is 10.4 Å². The second-order valence-corrected chi connectivity index (χ2v) is 7.50. The Hall–Kier alpha value is -0.900. The number of anilines is 1. The van der Waals surface area contributed by atoms with E-state index in [-0.39, 0.29) is 29.6 Å². The summed E-state index contributed by atoms with van der Waals surface area (Å²) in [7, 11) is -4.92. The van der Waals surface area contributed by atoms with Crippen molar-refractivity contribution in [2.75, 3.05) is 5.32 Å². The number of aromatic nitrogens is 4. The average Bonchev–Trinajstić information content (AvgIpc) is 3.31. The Morgan fingerprint density at radius 2 is 1.83 bits per heavy atom. The van der Waals surface area contributed by atoms with Crippen molar-refractivity contribution >= 4 is 27.4 Å². The van der Waals surface area contributed by atoms with Crippen LogP contribution in [-0.4, -0.2) is 71.6 Å². The maximum atomic E-state index is 10.1. The molecule has 2 aromatic heterocycles. The van der Waals surface area contributed by atoms with E-state index in [0.717, 1.165) is 12.8 Å². The quantitative estimate of drug-likeness (QED) is 0.162. The molecule has 1 saturated carbocycles. The minimum atomic E-state index is -4.92. The number of nitrogens with one attached hydrogen (secondary N) is 1. The van der Waals surface area contributed by atoms with Gasteiger partial charge in [-0.25, -0.2) is 23.4 Å². The molecule has 0 bridgehead atoms. The molecule has 156 valence electrons. The van der Waals surface area contributed by atoms with Crippen molar-refractivity contribution in [2.24, 2.45) is 0 Å². The van der Waals surface area contributed by atoms with Gasteiger partial charge >= 0.3 is 29.6 Å². The number of rotatable bonds is 3. The number of hydrogen-bond donors (Lipinski definition) is 4. The van der Waals surface area contributed by atoms with Crippen LogP contribution in [0.3, 0.4) is 0 Å². The molecule has 29 heavy (non-hydrogen) atoms. The fourth-order valence-corrected chi connectivity index (χ4v) is 3.37. The minimum Gasteiger partial charge on any atom is -0.726 e. The molecule has 4 rings (SSSR count). The first-order valence-corrected chi connectivity index (χ1v) is 9.98. The summed E-state index contributed by atoms with van der Waals surface area (Å²) in [5, 5.41) is 23.4. The van der Waals surface area contributed by atoms with E-state index >= 15 is 0 Å². The fourth-order valence-electron chi connectivity index (χ4n) is 3.37. The standard InChI is InChI=1S/C15H20N5O3.Na.H2O4S/c1-8-11(21)12(22)15(23-8)20-7-18-10-13(16-6-17-14(10)20)19-9-4-2-3-5-9;;1-5(2,3)4/h6-9,11-12,15,21-22H,1-5H2,(H,16,17,19);;(H2,1,2,3,4)/q-1;+1;/p-1/t8-,11-,12-,15-;;/m1../s1. The van der Waals surface area contributed by atoms with Crippen LogP contribution in [0.25, 0.3) is 11.2 Å². The van der Waals surface area contributed by atoms with E-state index < -0.39 is 34.9 Å². The van der Waals surface area contributed by atoms with E-state index in [9.17, 15) is 10.2 Å². The molecule has 0 spiro atoms. The van der Waals surface area contributed by atoms with E-state index in [1.165, 1.54) is 19.2 Å². The van der Waals surface area contributed by atoms with Gasteiger partial charge in [0.15, 0.2) is 23.2 Å². The van der Waals surface area contributed by atoms with Gasteiger partial charge < -0.3 is 31.7 Å². The van der Waals surface area contributed by atoms with E-state index in [1.807, 2.05) is 0 Å². The van der Waals surface area contributed by atoms with Crippen LogP contribution in [0.15, 0.2) is 12.7 Å². The van der Waals surface area contributed by atoms with E-state index in [4.69, 9.17) is 22.3 Å². The van der Waals surface area contributed by atoms with E-state index in [0.29, 0.717) is 23.0 Å². The molecule has 2 aromatic rings. The Balaban J connectivity index is 0.000000450. The topological polar surface area (TPSA) is 183 Å². The Bertz CT molecular complexity index is 913. The summed E-state index contributed by atoms with van der Waals surface area (Å²) < 4.78 is 40.0. The number of fused-ring (bicyclic) bond motifs is 1. The van der Waals surface area contributed by atoms with Crippen LogP contribution in [0.5, 0.6) is 0 Å². The number of imidazole rings is 1. The molecule has 2 aliphatic rings. The molecule has 0 unspecified atom stereocenters. The largest absolute Gasteiger partial charge is 1.00 e. The molecule has 0 radical (unpaired) electrons. The average molecular weight is 438 g/mol. The van der Waals surface area contributed by atoms with Crippen molar-refractivity contribution in [3.05, 3.63) is 19.6 Å². The Labute approximate surface area is 189 Å². The molecule has 1 saturated heterocycles. The summed E-state index contributed by atoms with van der Waals surface area (Å²) in [6.45, 7) is 3.68. The molecule has 0 aromatic carbocycles. The third kappa shape index (κ3) is 6.06. The first-order valence-electron chi connectivity index (χ1n) is 8.62. The van der Waals surface area contributed by atoms with Crippen molar-refractivity contribution in [2.45, 2.75) is 56.3 Å². The van der Waals surface area contributed by atoms with Crippen LogP contribution in [0.1, 0.15) is 31.9 Å². The normalized spacial score (nSPS) is 27.3. The summed E-state index contributed by atoms with van der Waals surface area (Å²) in [5.41, 5.74) is 1.20. The maximum Gasteiger partial charge on any atom is 1.00 e. The second kappa shape index (κ2) is 9.94. The van der Waals surface area contributed by atoms with Gasteiger partial charge in [-0.1, -0.05) is 12.8 Å². The molecule has 4 atom stereocenters. The van der Waals surface area contributed by atoms with Gasteiger partial charge in [-0.3, -0.25) is 9.12 Å². The van der Waals surface area contributed by atoms with Crippen molar-refractivity contribution in [1.29, 1.82) is 0 Å². The van der Waals surface area contributed by atoms with Crippen LogP contribution in [0.4, 0.5) is 5.82 Å². The molecule has 14 heteroatoms. The van der Waals surface area contributed by atoms with Gasteiger partial charge in [0.1, 0.15) is 12.4 Å². The van der Waals surface area contributed by atoms with Crippen LogP contribution in [-0.2, 0) is 15.1 Å². The molecule has 1 aliphatic heterocycles. The first-order chi connectivity index (χ1) is 13.1. The van der Waals surface area contributed by atoms with Crippen LogP contribution in [0.2, 0.25) is 0 Å². The SMILES string of the molecule is O=S(=O)([O-])O.[CH2-][C@H]1O[C@@H](n2cnc3c(NC4CCCC4)ncnc32)[C@H](O)[C@@H]1O.[Na+]. The Morgan fingerprint density at radius 1 is 1.21 bits per heavy atom. The van der Waals surface area contributed by atoms with Gasteiger partial charge in [0, 0.05) is 6.04 Å². The molecule has 0 amide bonds. The smallest absolute Gasteiger partial charge is 0.726 e. The Morgan fingerprint density at radius 3 is 2.38 bits per heavy atom. The van der Waals surface area contributed by atoms with E-state index in [1.54, 1.807) is 10.9 Å². The van der Waals surface area contributed by atoms with Crippen molar-refractivity contribution in [3.63, 3.8) is 0 Å². The zero-order valence-corrected chi connectivity index (χ0v) is 18.6. The van der Waals surface area contributed by atoms with Crippen molar-refractivity contribution in [1.82, 2.24) is 19.5 Å². The Kier molecular flexibility index (Phi) is 8.35.